The molecule has 0 saturated carbocycles. The summed E-state index contributed by atoms with van der Waals surface area (Å²) in [5.41, 5.74) is 1.26. The minimum atomic E-state index is -5.15. The molecule has 100 valence electrons. The largest absolute Gasteiger partial charge is 0.504 e. The van der Waals surface area contributed by atoms with E-state index in [1.807, 2.05) is 0 Å². The first-order valence-electron chi connectivity index (χ1n) is 4.68. The van der Waals surface area contributed by atoms with Gasteiger partial charge < -0.3 is 21.1 Å². The molecule has 0 bridgehead atoms. The number of hydrogen-bond donors (Lipinski definition) is 4. The van der Waals surface area contributed by atoms with Gasteiger partial charge in [-0.25, -0.2) is 4.79 Å². The van der Waals surface area contributed by atoms with Crippen LogP contribution < -0.4 is 5.73 Å². The maximum Gasteiger partial charge on any atom is 0.417 e. The van der Waals surface area contributed by atoms with Crippen LogP contribution in [0.4, 0.5) is 13.2 Å². The highest BCUT2D eigenvalue weighted by Crippen LogP contribution is 2.33. The van der Waals surface area contributed by atoms with Crippen LogP contribution in [0.2, 0.25) is 0 Å². The number of carboxylic acids is 1. The molecule has 1 rings (SSSR count). The molecule has 0 radical (unpaired) electrons. The molecule has 0 aliphatic heterocycles. The Hall–Kier alpha value is -1.96. The number of phenols is 2. The van der Waals surface area contributed by atoms with Gasteiger partial charge in [0.2, 0.25) is 5.54 Å². The van der Waals surface area contributed by atoms with E-state index in [1.165, 1.54) is 0 Å². The molecule has 0 spiro atoms. The van der Waals surface area contributed by atoms with Crippen molar-refractivity contribution in [1.29, 1.82) is 0 Å². The number of halogens is 3. The first kappa shape index (κ1) is 14.1. The second-order valence-electron chi connectivity index (χ2n) is 3.77. The Morgan fingerprint density at radius 1 is 1.22 bits per heavy atom. The van der Waals surface area contributed by atoms with Crippen LogP contribution in [0.1, 0.15) is 5.56 Å². The van der Waals surface area contributed by atoms with Crippen LogP contribution in [-0.2, 0) is 11.2 Å². The van der Waals surface area contributed by atoms with Crippen LogP contribution in [0.25, 0.3) is 0 Å². The molecule has 0 aliphatic carbocycles. The van der Waals surface area contributed by atoms with Crippen molar-refractivity contribution >= 4 is 5.97 Å². The fraction of sp³-hybridized carbons (Fsp3) is 0.300. The third-order valence-corrected chi connectivity index (χ3v) is 2.41. The minimum absolute atomic E-state index is 0.160. The zero-order chi connectivity index (χ0) is 14.1. The van der Waals surface area contributed by atoms with Crippen LogP contribution in [-0.4, -0.2) is 33.0 Å². The molecule has 0 aromatic heterocycles. The van der Waals surface area contributed by atoms with Crippen molar-refractivity contribution in [2.45, 2.75) is 18.1 Å². The van der Waals surface area contributed by atoms with Crippen LogP contribution in [0.5, 0.6) is 11.5 Å². The monoisotopic (exact) mass is 265 g/mol. The maximum absolute atomic E-state index is 12.6. The highest BCUT2D eigenvalue weighted by molar-refractivity contribution is 5.80. The summed E-state index contributed by atoms with van der Waals surface area (Å²) >= 11 is 0. The highest BCUT2D eigenvalue weighted by Gasteiger charge is 2.58. The predicted molar refractivity (Wildman–Crippen MR) is 54.1 cm³/mol. The van der Waals surface area contributed by atoms with Crippen molar-refractivity contribution in [3.63, 3.8) is 0 Å². The minimum Gasteiger partial charge on any atom is -0.504 e. The van der Waals surface area contributed by atoms with Gasteiger partial charge in [0, 0.05) is 6.42 Å². The summed E-state index contributed by atoms with van der Waals surface area (Å²) in [6.45, 7) is 0. The van der Waals surface area contributed by atoms with Gasteiger partial charge in [0.25, 0.3) is 0 Å². The van der Waals surface area contributed by atoms with Crippen molar-refractivity contribution in [3.8, 4) is 11.5 Å². The Bertz CT molecular complexity index is 475. The van der Waals surface area contributed by atoms with E-state index in [0.717, 1.165) is 18.2 Å². The molecule has 0 unspecified atom stereocenters. The first-order chi connectivity index (χ1) is 8.08. The lowest BCUT2D eigenvalue weighted by atomic mass is 9.91. The SMILES string of the molecule is N[C@@](Cc1ccc(O)c(O)c1)(C(=O)O)C(F)(F)F. The van der Waals surface area contributed by atoms with Gasteiger partial charge in [-0.1, -0.05) is 6.07 Å². The molecule has 0 saturated heterocycles. The average Bonchev–Trinajstić information content (AvgIpc) is 2.21. The van der Waals surface area contributed by atoms with E-state index in [4.69, 9.17) is 21.1 Å². The van der Waals surface area contributed by atoms with Gasteiger partial charge in [-0.3, -0.25) is 0 Å². The number of benzene rings is 1. The third kappa shape index (κ3) is 2.48. The van der Waals surface area contributed by atoms with Gasteiger partial charge in [0.15, 0.2) is 11.5 Å². The highest BCUT2D eigenvalue weighted by atomic mass is 19.4. The van der Waals surface area contributed by atoms with Crippen molar-refractivity contribution in [2.75, 3.05) is 0 Å². The van der Waals surface area contributed by atoms with Gasteiger partial charge in [0.1, 0.15) is 0 Å². The van der Waals surface area contributed by atoms with E-state index in [0.29, 0.717) is 0 Å². The molecule has 8 heteroatoms. The zero-order valence-electron chi connectivity index (χ0n) is 8.90. The van der Waals surface area contributed by atoms with Crippen LogP contribution in [0.3, 0.4) is 0 Å². The molecular formula is C10H10F3NO4. The molecular weight excluding hydrogens is 255 g/mol. The maximum atomic E-state index is 12.6. The van der Waals surface area contributed by atoms with Gasteiger partial charge in [-0.15, -0.1) is 0 Å². The van der Waals surface area contributed by atoms with E-state index in [9.17, 15) is 18.0 Å². The fourth-order valence-corrected chi connectivity index (χ4v) is 1.30. The summed E-state index contributed by atoms with van der Waals surface area (Å²) in [5, 5.41) is 26.7. The zero-order valence-corrected chi connectivity index (χ0v) is 8.90. The van der Waals surface area contributed by atoms with E-state index in [2.05, 4.69) is 0 Å². The normalized spacial score (nSPS) is 15.1. The topological polar surface area (TPSA) is 104 Å². The second kappa shape index (κ2) is 4.37. The van der Waals surface area contributed by atoms with E-state index in [-0.39, 0.29) is 5.56 Å². The average molecular weight is 265 g/mol. The fourth-order valence-electron chi connectivity index (χ4n) is 1.30. The molecule has 5 N–H and O–H groups in total. The molecule has 0 amide bonds. The van der Waals surface area contributed by atoms with Crippen molar-refractivity contribution < 1.29 is 33.3 Å². The molecule has 0 aliphatic rings. The number of carboxylic acid groups (broad SMARTS) is 1. The van der Waals surface area contributed by atoms with Gasteiger partial charge in [0.05, 0.1) is 0 Å². The molecule has 0 heterocycles. The molecule has 1 aromatic rings. The quantitative estimate of drug-likeness (QED) is 0.610. The smallest absolute Gasteiger partial charge is 0.417 e. The standard InChI is InChI=1S/C10H10F3NO4/c11-10(12,13)9(14,8(17)18)4-5-1-2-6(15)7(16)3-5/h1-3,15-16H,4,14H2,(H,17,18)/t9-/m0/s1. The van der Waals surface area contributed by atoms with Crippen LogP contribution in [0, 0.1) is 0 Å². The van der Waals surface area contributed by atoms with Crippen molar-refractivity contribution in [1.82, 2.24) is 0 Å². The predicted octanol–water partition coefficient (Wildman–Crippen LogP) is 0.985. The Balaban J connectivity index is 3.12. The van der Waals surface area contributed by atoms with Crippen LogP contribution in [0.15, 0.2) is 18.2 Å². The Morgan fingerprint density at radius 3 is 2.17 bits per heavy atom. The number of hydrogen-bond acceptors (Lipinski definition) is 4. The summed E-state index contributed by atoms with van der Waals surface area (Å²) < 4.78 is 37.8. The van der Waals surface area contributed by atoms with Gasteiger partial charge in [-0.2, -0.15) is 13.2 Å². The Labute approximate surface area is 99.3 Å². The number of aliphatic carboxylic acids is 1. The summed E-state index contributed by atoms with van der Waals surface area (Å²) in [5.74, 6) is -3.39. The number of alkyl halides is 3. The second-order valence-corrected chi connectivity index (χ2v) is 3.77. The molecule has 1 atom stereocenters. The first-order valence-corrected chi connectivity index (χ1v) is 4.68. The summed E-state index contributed by atoms with van der Waals surface area (Å²) in [7, 11) is 0. The molecule has 5 nitrogen and oxygen atoms in total. The van der Waals surface area contributed by atoms with Gasteiger partial charge >= 0.3 is 12.1 Å². The van der Waals surface area contributed by atoms with Crippen molar-refractivity contribution in [3.05, 3.63) is 23.8 Å². The number of aromatic hydroxyl groups is 2. The number of rotatable bonds is 3. The summed E-state index contributed by atoms with van der Waals surface area (Å²) in [6.07, 6.45) is -6.20. The number of phenolic OH excluding ortho intramolecular Hbond substituents is 2. The Morgan fingerprint density at radius 2 is 1.78 bits per heavy atom. The summed E-state index contributed by atoms with van der Waals surface area (Å²) in [4.78, 5) is 10.7. The Kier molecular flexibility index (Phi) is 3.43. The summed E-state index contributed by atoms with van der Waals surface area (Å²) in [6, 6.07) is 2.82. The third-order valence-electron chi connectivity index (χ3n) is 2.41. The lowest BCUT2D eigenvalue weighted by molar-refractivity contribution is -0.201. The van der Waals surface area contributed by atoms with E-state index in [1.54, 1.807) is 0 Å². The number of nitrogens with two attached hydrogens (primary N) is 1. The van der Waals surface area contributed by atoms with Crippen LogP contribution >= 0.6 is 0 Å². The molecule has 0 fully saturated rings. The van der Waals surface area contributed by atoms with Gasteiger partial charge in [-0.05, 0) is 17.7 Å². The lowest BCUT2D eigenvalue weighted by Crippen LogP contribution is -2.61. The van der Waals surface area contributed by atoms with E-state index < -0.39 is 35.6 Å². The van der Waals surface area contributed by atoms with Crippen molar-refractivity contribution in [2.24, 2.45) is 5.73 Å². The van der Waals surface area contributed by atoms with E-state index >= 15 is 0 Å². The molecule has 1 aromatic carbocycles. The lowest BCUT2D eigenvalue weighted by Gasteiger charge is -2.27. The number of carbonyl (C=O) groups is 1. The molecule has 18 heavy (non-hydrogen) atoms.